The number of carbonyl (C=O) groups excluding carboxylic acids is 1. The summed E-state index contributed by atoms with van der Waals surface area (Å²) >= 11 is 6.03. The van der Waals surface area contributed by atoms with E-state index in [0.717, 1.165) is 24.8 Å². The van der Waals surface area contributed by atoms with Crippen molar-refractivity contribution < 1.29 is 19.1 Å². The van der Waals surface area contributed by atoms with Gasteiger partial charge in [-0.1, -0.05) is 43.0 Å². The highest BCUT2D eigenvalue weighted by atomic mass is 35.5. The first kappa shape index (κ1) is 16.7. The Morgan fingerprint density at radius 2 is 2.00 bits per heavy atom. The molecule has 1 aliphatic rings. The van der Waals surface area contributed by atoms with E-state index in [2.05, 4.69) is 5.32 Å². The van der Waals surface area contributed by atoms with E-state index in [4.69, 9.17) is 16.7 Å². The van der Waals surface area contributed by atoms with E-state index in [1.807, 2.05) is 6.07 Å². The Hall–Kier alpha value is -1.62. The van der Waals surface area contributed by atoms with Gasteiger partial charge in [-0.25, -0.2) is 9.18 Å². The third kappa shape index (κ3) is 3.40. The molecule has 0 aromatic heterocycles. The first-order chi connectivity index (χ1) is 10.5. The normalized spacial score (nSPS) is 18.5. The van der Waals surface area contributed by atoms with Crippen LogP contribution in [0.15, 0.2) is 24.3 Å². The molecule has 1 aromatic rings. The van der Waals surface area contributed by atoms with E-state index in [9.17, 15) is 14.0 Å². The topological polar surface area (TPSA) is 66.4 Å². The van der Waals surface area contributed by atoms with Crippen molar-refractivity contribution in [1.82, 2.24) is 5.32 Å². The fourth-order valence-electron chi connectivity index (χ4n) is 3.05. The maximum absolute atomic E-state index is 12.8. The lowest BCUT2D eigenvalue weighted by atomic mass is 9.68. The second kappa shape index (κ2) is 7.09. The monoisotopic (exact) mass is 327 g/mol. The van der Waals surface area contributed by atoms with E-state index in [0.29, 0.717) is 17.9 Å². The Bertz CT molecular complexity index is 558. The zero-order chi connectivity index (χ0) is 16.2. The molecule has 0 bridgehead atoms. The zero-order valence-electron chi connectivity index (χ0n) is 12.1. The molecule has 6 heteroatoms. The van der Waals surface area contributed by atoms with Crippen molar-refractivity contribution in [1.29, 1.82) is 0 Å². The number of hydrogen-bond acceptors (Lipinski definition) is 2. The lowest BCUT2D eigenvalue weighted by Crippen LogP contribution is -2.52. The SMILES string of the molecule is O=C(O)C(CF)NC(=O)C1(c2cccc(Cl)c2)CCCCC1. The summed E-state index contributed by atoms with van der Waals surface area (Å²) in [6, 6.07) is 5.54. The van der Waals surface area contributed by atoms with Gasteiger partial charge in [0.05, 0.1) is 5.41 Å². The highest BCUT2D eigenvalue weighted by Gasteiger charge is 2.42. The van der Waals surface area contributed by atoms with Crippen LogP contribution in [-0.2, 0) is 15.0 Å². The lowest BCUT2D eigenvalue weighted by molar-refractivity contribution is -0.143. The van der Waals surface area contributed by atoms with Gasteiger partial charge in [0.2, 0.25) is 5.91 Å². The number of amides is 1. The van der Waals surface area contributed by atoms with Crippen LogP contribution in [-0.4, -0.2) is 29.7 Å². The summed E-state index contributed by atoms with van der Waals surface area (Å²) in [7, 11) is 0. The number of hydrogen-bond donors (Lipinski definition) is 2. The molecular weight excluding hydrogens is 309 g/mol. The Morgan fingerprint density at radius 3 is 2.55 bits per heavy atom. The molecule has 4 nitrogen and oxygen atoms in total. The molecule has 1 aliphatic carbocycles. The standard InChI is InChI=1S/C16H19ClFNO3/c17-12-6-4-5-11(9-12)16(7-2-1-3-8-16)15(22)19-13(10-18)14(20)21/h4-6,9,13H,1-3,7-8,10H2,(H,19,22)(H,20,21). The van der Waals surface area contributed by atoms with Gasteiger partial charge in [0.25, 0.3) is 0 Å². The summed E-state index contributed by atoms with van der Waals surface area (Å²) in [4.78, 5) is 23.7. The van der Waals surface area contributed by atoms with Gasteiger partial charge < -0.3 is 10.4 Å². The van der Waals surface area contributed by atoms with E-state index in [1.54, 1.807) is 18.2 Å². The average Bonchev–Trinajstić information content (AvgIpc) is 2.52. The smallest absolute Gasteiger partial charge is 0.328 e. The van der Waals surface area contributed by atoms with Crippen molar-refractivity contribution in [2.24, 2.45) is 0 Å². The number of nitrogens with one attached hydrogen (secondary N) is 1. The third-order valence-electron chi connectivity index (χ3n) is 4.28. The summed E-state index contributed by atoms with van der Waals surface area (Å²) in [5, 5.41) is 11.8. The summed E-state index contributed by atoms with van der Waals surface area (Å²) in [5.74, 6) is -1.80. The predicted octanol–water partition coefficient (Wildman–Crippen LogP) is 3.08. The van der Waals surface area contributed by atoms with E-state index >= 15 is 0 Å². The molecule has 0 heterocycles. The molecule has 1 amide bonds. The molecule has 0 spiro atoms. The highest BCUT2D eigenvalue weighted by molar-refractivity contribution is 6.30. The van der Waals surface area contributed by atoms with Crippen LogP contribution in [0.1, 0.15) is 37.7 Å². The fourth-order valence-corrected chi connectivity index (χ4v) is 3.24. The molecule has 0 aliphatic heterocycles. The van der Waals surface area contributed by atoms with Gasteiger partial charge in [0.1, 0.15) is 6.67 Å². The Balaban J connectivity index is 2.33. The number of alkyl halides is 1. The molecular formula is C16H19ClFNO3. The quantitative estimate of drug-likeness (QED) is 0.873. The summed E-state index contributed by atoms with van der Waals surface area (Å²) < 4.78 is 12.8. The predicted molar refractivity (Wildman–Crippen MR) is 81.8 cm³/mol. The first-order valence-electron chi connectivity index (χ1n) is 7.35. The highest BCUT2D eigenvalue weighted by Crippen LogP contribution is 2.40. The zero-order valence-corrected chi connectivity index (χ0v) is 12.9. The number of benzene rings is 1. The molecule has 2 rings (SSSR count). The second-order valence-electron chi connectivity index (χ2n) is 5.67. The first-order valence-corrected chi connectivity index (χ1v) is 7.73. The molecule has 22 heavy (non-hydrogen) atoms. The molecule has 0 saturated heterocycles. The van der Waals surface area contributed by atoms with E-state index in [1.165, 1.54) is 0 Å². The van der Waals surface area contributed by atoms with Gasteiger partial charge in [0.15, 0.2) is 6.04 Å². The van der Waals surface area contributed by atoms with E-state index < -0.39 is 30.0 Å². The Morgan fingerprint density at radius 1 is 1.32 bits per heavy atom. The number of aliphatic carboxylic acids is 1. The van der Waals surface area contributed by atoms with Crippen LogP contribution in [0.3, 0.4) is 0 Å². The third-order valence-corrected chi connectivity index (χ3v) is 4.51. The average molecular weight is 328 g/mol. The van der Waals surface area contributed by atoms with Crippen LogP contribution in [0.25, 0.3) is 0 Å². The van der Waals surface area contributed by atoms with Crippen LogP contribution in [0.5, 0.6) is 0 Å². The fraction of sp³-hybridized carbons (Fsp3) is 0.500. The molecule has 1 aromatic carbocycles. The van der Waals surface area contributed by atoms with Gasteiger partial charge in [-0.15, -0.1) is 0 Å². The van der Waals surface area contributed by atoms with Crippen LogP contribution >= 0.6 is 11.6 Å². The van der Waals surface area contributed by atoms with Crippen LogP contribution in [0.2, 0.25) is 5.02 Å². The van der Waals surface area contributed by atoms with Crippen molar-refractivity contribution >= 4 is 23.5 Å². The second-order valence-corrected chi connectivity index (χ2v) is 6.11. The lowest BCUT2D eigenvalue weighted by Gasteiger charge is -2.37. The molecule has 1 saturated carbocycles. The van der Waals surface area contributed by atoms with Crippen LogP contribution in [0.4, 0.5) is 4.39 Å². The van der Waals surface area contributed by atoms with E-state index in [-0.39, 0.29) is 0 Å². The summed E-state index contributed by atoms with van der Waals surface area (Å²) in [5.41, 5.74) is -0.0633. The van der Waals surface area contributed by atoms with Crippen molar-refractivity contribution in [3.63, 3.8) is 0 Å². The maximum atomic E-state index is 12.8. The van der Waals surface area contributed by atoms with Crippen LogP contribution < -0.4 is 5.32 Å². The van der Waals surface area contributed by atoms with Crippen molar-refractivity contribution in [2.45, 2.75) is 43.6 Å². The molecule has 1 atom stereocenters. The molecule has 120 valence electrons. The minimum Gasteiger partial charge on any atom is -0.480 e. The minimum absolute atomic E-state index is 0.431. The Labute approximate surface area is 133 Å². The van der Waals surface area contributed by atoms with Crippen molar-refractivity contribution in [3.05, 3.63) is 34.9 Å². The number of carbonyl (C=O) groups is 2. The maximum Gasteiger partial charge on any atom is 0.328 e. The summed E-state index contributed by atoms with van der Waals surface area (Å²) in [6.45, 7) is -1.13. The van der Waals surface area contributed by atoms with Crippen molar-refractivity contribution in [2.75, 3.05) is 6.67 Å². The Kier molecular flexibility index (Phi) is 5.40. The molecule has 1 fully saturated rings. The number of carboxylic acid groups (broad SMARTS) is 1. The van der Waals surface area contributed by atoms with Crippen molar-refractivity contribution in [3.8, 4) is 0 Å². The van der Waals surface area contributed by atoms with Gasteiger partial charge >= 0.3 is 5.97 Å². The number of halogens is 2. The van der Waals surface area contributed by atoms with Crippen LogP contribution in [0, 0.1) is 0 Å². The van der Waals surface area contributed by atoms with Gasteiger partial charge in [0, 0.05) is 5.02 Å². The van der Waals surface area contributed by atoms with Gasteiger partial charge in [-0.2, -0.15) is 0 Å². The number of rotatable bonds is 5. The van der Waals surface area contributed by atoms with Gasteiger partial charge in [-0.05, 0) is 30.5 Å². The molecule has 1 unspecified atom stereocenters. The van der Waals surface area contributed by atoms with Gasteiger partial charge in [-0.3, -0.25) is 4.79 Å². The minimum atomic E-state index is -1.51. The largest absolute Gasteiger partial charge is 0.480 e. The number of carboxylic acids is 1. The summed E-state index contributed by atoms with van der Waals surface area (Å²) in [6.07, 6.45) is 3.98. The molecule has 2 N–H and O–H groups in total. The molecule has 0 radical (unpaired) electrons.